The molecule has 21 heavy (non-hydrogen) atoms. The van der Waals surface area contributed by atoms with Crippen LogP contribution in [0.3, 0.4) is 0 Å². The Morgan fingerprint density at radius 3 is 2.76 bits per heavy atom. The van der Waals surface area contributed by atoms with E-state index >= 15 is 0 Å². The van der Waals surface area contributed by atoms with E-state index in [9.17, 15) is 9.59 Å². The Kier molecular flexibility index (Phi) is 5.28. The second-order valence-corrected chi connectivity index (χ2v) is 6.92. The third-order valence-corrected chi connectivity index (χ3v) is 4.67. The van der Waals surface area contributed by atoms with Crippen molar-refractivity contribution in [3.8, 4) is 0 Å². The molecule has 0 aliphatic carbocycles. The third kappa shape index (κ3) is 4.00. The average molecular weight is 307 g/mol. The average Bonchev–Trinajstić information content (AvgIpc) is 2.44. The molecule has 1 aromatic rings. The summed E-state index contributed by atoms with van der Waals surface area (Å²) >= 11 is 1.61. The van der Waals surface area contributed by atoms with Gasteiger partial charge in [-0.3, -0.25) is 9.59 Å². The number of carbonyl (C=O) groups is 2. The van der Waals surface area contributed by atoms with Gasteiger partial charge < -0.3 is 10.0 Å². The van der Waals surface area contributed by atoms with Crippen LogP contribution in [0.4, 0.5) is 0 Å². The molecule has 1 atom stereocenters. The van der Waals surface area contributed by atoms with Gasteiger partial charge in [-0.2, -0.15) is 0 Å². The van der Waals surface area contributed by atoms with Crippen molar-refractivity contribution in [2.24, 2.45) is 5.92 Å². The Morgan fingerprint density at radius 2 is 2.10 bits per heavy atom. The highest BCUT2D eigenvalue weighted by molar-refractivity contribution is 8.00. The van der Waals surface area contributed by atoms with Crippen molar-refractivity contribution in [3.05, 3.63) is 35.4 Å². The summed E-state index contributed by atoms with van der Waals surface area (Å²) in [5.74, 6) is 0.106. The number of aliphatic carboxylic acids is 1. The molecule has 0 spiro atoms. The largest absolute Gasteiger partial charge is 0.480 e. The van der Waals surface area contributed by atoms with Crippen LogP contribution in [0, 0.1) is 5.92 Å². The minimum absolute atomic E-state index is 0.0803. The molecular formula is C16H21NO3S. The van der Waals surface area contributed by atoms with Crippen molar-refractivity contribution < 1.29 is 14.7 Å². The van der Waals surface area contributed by atoms with Crippen LogP contribution < -0.4 is 0 Å². The lowest BCUT2D eigenvalue weighted by Gasteiger charge is -2.30. The Hall–Kier alpha value is -1.49. The topological polar surface area (TPSA) is 57.6 Å². The summed E-state index contributed by atoms with van der Waals surface area (Å²) in [6.45, 7) is 4.23. The van der Waals surface area contributed by atoms with E-state index in [1.165, 1.54) is 10.5 Å². The summed E-state index contributed by atoms with van der Waals surface area (Å²) in [6, 6.07) is 7.96. The standard InChI is InChI=1S/C16H21NO3S/c1-11(2)9-17(10-14(18)19)16(20)15-13-6-4-3-5-12(13)7-8-21-15/h3-6,11,15H,7-10H2,1-2H3,(H,18,19). The summed E-state index contributed by atoms with van der Waals surface area (Å²) in [6.07, 6.45) is 0.966. The van der Waals surface area contributed by atoms with Gasteiger partial charge in [0.05, 0.1) is 0 Å². The van der Waals surface area contributed by atoms with Crippen molar-refractivity contribution in [2.45, 2.75) is 25.5 Å². The van der Waals surface area contributed by atoms with Gasteiger partial charge in [0.15, 0.2) is 0 Å². The molecule has 0 bridgehead atoms. The fourth-order valence-corrected chi connectivity index (χ4v) is 3.88. The summed E-state index contributed by atoms with van der Waals surface area (Å²) < 4.78 is 0. The van der Waals surface area contributed by atoms with E-state index in [1.54, 1.807) is 11.8 Å². The number of benzene rings is 1. The molecule has 1 N–H and O–H groups in total. The maximum atomic E-state index is 12.8. The van der Waals surface area contributed by atoms with Crippen LogP contribution in [0.5, 0.6) is 0 Å². The van der Waals surface area contributed by atoms with Crippen LogP contribution in [-0.4, -0.2) is 40.7 Å². The first kappa shape index (κ1) is 15.9. The number of carbonyl (C=O) groups excluding carboxylic acids is 1. The lowest BCUT2D eigenvalue weighted by molar-refractivity contribution is -0.144. The van der Waals surface area contributed by atoms with E-state index in [2.05, 4.69) is 6.07 Å². The summed E-state index contributed by atoms with van der Waals surface area (Å²) in [7, 11) is 0. The summed E-state index contributed by atoms with van der Waals surface area (Å²) in [4.78, 5) is 25.3. The number of hydrogen-bond acceptors (Lipinski definition) is 3. The van der Waals surface area contributed by atoms with Crippen molar-refractivity contribution in [1.82, 2.24) is 4.90 Å². The van der Waals surface area contributed by atoms with Gasteiger partial charge in [0.2, 0.25) is 5.91 Å². The molecule has 1 aliphatic rings. The number of nitrogens with zero attached hydrogens (tertiary/aromatic N) is 1. The lowest BCUT2D eigenvalue weighted by atomic mass is 10.0. The van der Waals surface area contributed by atoms with Crippen molar-refractivity contribution in [1.29, 1.82) is 0 Å². The van der Waals surface area contributed by atoms with Gasteiger partial charge in [-0.15, -0.1) is 11.8 Å². The van der Waals surface area contributed by atoms with Crippen molar-refractivity contribution >= 4 is 23.6 Å². The van der Waals surface area contributed by atoms with Gasteiger partial charge in [0, 0.05) is 6.54 Å². The second kappa shape index (κ2) is 6.98. The van der Waals surface area contributed by atoms with Gasteiger partial charge in [0.25, 0.3) is 0 Å². The van der Waals surface area contributed by atoms with Gasteiger partial charge in [-0.05, 0) is 29.2 Å². The van der Waals surface area contributed by atoms with E-state index in [1.807, 2.05) is 32.0 Å². The fourth-order valence-electron chi connectivity index (χ4n) is 2.60. The number of amides is 1. The van der Waals surface area contributed by atoms with Crippen LogP contribution in [0.15, 0.2) is 24.3 Å². The third-order valence-electron chi connectivity index (χ3n) is 3.44. The van der Waals surface area contributed by atoms with Crippen LogP contribution in [0.2, 0.25) is 0 Å². The zero-order valence-electron chi connectivity index (χ0n) is 12.4. The van der Waals surface area contributed by atoms with Crippen LogP contribution >= 0.6 is 11.8 Å². The van der Waals surface area contributed by atoms with Gasteiger partial charge in [-0.1, -0.05) is 38.1 Å². The predicted octanol–water partition coefficient (Wildman–Crippen LogP) is 2.59. The first-order chi connectivity index (χ1) is 9.99. The molecule has 0 radical (unpaired) electrons. The second-order valence-electron chi connectivity index (χ2n) is 5.71. The molecular weight excluding hydrogens is 286 g/mol. The highest BCUT2D eigenvalue weighted by Gasteiger charge is 2.31. The maximum absolute atomic E-state index is 12.8. The number of carboxylic acids is 1. The van der Waals surface area contributed by atoms with E-state index in [0.29, 0.717) is 6.54 Å². The monoisotopic (exact) mass is 307 g/mol. The Bertz CT molecular complexity index is 530. The molecule has 1 amide bonds. The smallest absolute Gasteiger partial charge is 0.323 e. The van der Waals surface area contributed by atoms with Gasteiger partial charge >= 0.3 is 5.97 Å². The minimum atomic E-state index is -0.960. The molecule has 1 aromatic carbocycles. The van der Waals surface area contributed by atoms with Gasteiger partial charge in [0.1, 0.15) is 11.8 Å². The number of rotatable bonds is 5. The number of thioether (sulfide) groups is 1. The molecule has 1 heterocycles. The number of hydrogen-bond donors (Lipinski definition) is 1. The molecule has 1 aliphatic heterocycles. The summed E-state index contributed by atoms with van der Waals surface area (Å²) in [5, 5.41) is 8.77. The summed E-state index contributed by atoms with van der Waals surface area (Å²) in [5.41, 5.74) is 2.24. The van der Waals surface area contributed by atoms with E-state index in [4.69, 9.17) is 5.11 Å². The van der Waals surface area contributed by atoms with Crippen LogP contribution in [-0.2, 0) is 16.0 Å². The highest BCUT2D eigenvalue weighted by atomic mass is 32.2. The zero-order valence-corrected chi connectivity index (χ0v) is 13.2. The molecule has 0 saturated carbocycles. The van der Waals surface area contributed by atoms with Crippen molar-refractivity contribution in [2.75, 3.05) is 18.8 Å². The molecule has 1 unspecified atom stereocenters. The Balaban J connectivity index is 2.23. The molecule has 114 valence electrons. The minimum Gasteiger partial charge on any atom is -0.480 e. The maximum Gasteiger partial charge on any atom is 0.323 e. The van der Waals surface area contributed by atoms with Crippen LogP contribution in [0.1, 0.15) is 30.2 Å². The fraction of sp³-hybridized carbons (Fsp3) is 0.500. The van der Waals surface area contributed by atoms with E-state index in [-0.39, 0.29) is 23.6 Å². The predicted molar refractivity (Wildman–Crippen MR) is 84.4 cm³/mol. The van der Waals surface area contributed by atoms with Crippen LogP contribution in [0.25, 0.3) is 0 Å². The number of carboxylic acid groups (broad SMARTS) is 1. The quantitative estimate of drug-likeness (QED) is 0.908. The molecule has 0 aromatic heterocycles. The van der Waals surface area contributed by atoms with Crippen molar-refractivity contribution in [3.63, 3.8) is 0 Å². The Labute approximate surface area is 129 Å². The SMILES string of the molecule is CC(C)CN(CC(=O)O)C(=O)C1SCCc2ccccc21. The number of fused-ring (bicyclic) bond motifs is 1. The molecule has 5 heteroatoms. The van der Waals surface area contributed by atoms with E-state index < -0.39 is 5.97 Å². The highest BCUT2D eigenvalue weighted by Crippen LogP contribution is 2.38. The van der Waals surface area contributed by atoms with E-state index in [0.717, 1.165) is 17.7 Å². The first-order valence-electron chi connectivity index (χ1n) is 7.19. The van der Waals surface area contributed by atoms with Gasteiger partial charge in [-0.25, -0.2) is 0 Å². The first-order valence-corrected chi connectivity index (χ1v) is 8.24. The lowest BCUT2D eigenvalue weighted by Crippen LogP contribution is -2.41. The molecule has 2 rings (SSSR count). The number of aryl methyl sites for hydroxylation is 1. The molecule has 4 nitrogen and oxygen atoms in total. The normalized spacial score (nSPS) is 17.4. The molecule has 0 saturated heterocycles. The Morgan fingerprint density at radius 1 is 1.38 bits per heavy atom. The molecule has 0 fully saturated rings. The zero-order chi connectivity index (χ0) is 15.4.